The van der Waals surface area contributed by atoms with Crippen LogP contribution < -0.4 is 10.2 Å². The molecule has 2 bridgehead atoms. The average Bonchev–Trinajstić information content (AvgIpc) is 2.73. The van der Waals surface area contributed by atoms with Crippen LogP contribution in [0.5, 0.6) is 0 Å². The van der Waals surface area contributed by atoms with Crippen molar-refractivity contribution in [2.24, 2.45) is 5.92 Å². The zero-order chi connectivity index (χ0) is 11.8. The summed E-state index contributed by atoms with van der Waals surface area (Å²) in [4.78, 5) is 18.2. The summed E-state index contributed by atoms with van der Waals surface area (Å²) in [6.45, 7) is 0.661. The molecule has 86 valence electrons. The Morgan fingerprint density at radius 1 is 1.53 bits per heavy atom. The molecule has 0 aromatic carbocycles. The molecule has 1 aromatic rings. The molecule has 0 radical (unpaired) electrons. The van der Waals surface area contributed by atoms with Gasteiger partial charge in [0, 0.05) is 18.7 Å². The highest BCUT2D eigenvalue weighted by Crippen LogP contribution is 2.30. The van der Waals surface area contributed by atoms with Crippen LogP contribution >= 0.6 is 0 Å². The van der Waals surface area contributed by atoms with E-state index >= 15 is 0 Å². The zero-order valence-corrected chi connectivity index (χ0v) is 9.34. The van der Waals surface area contributed by atoms with Crippen molar-refractivity contribution in [3.63, 3.8) is 0 Å². The summed E-state index contributed by atoms with van der Waals surface area (Å²) in [6, 6.07) is 5.45. The number of amides is 1. The van der Waals surface area contributed by atoms with Gasteiger partial charge in [-0.2, -0.15) is 0 Å². The predicted octanol–water partition coefficient (Wildman–Crippen LogP) is 0.408. The third kappa shape index (κ3) is 1.60. The first-order valence-electron chi connectivity index (χ1n) is 5.74. The first kappa shape index (κ1) is 10.3. The minimum Gasteiger partial charge on any atom is -0.295 e. The molecule has 2 saturated heterocycles. The summed E-state index contributed by atoms with van der Waals surface area (Å²) in [5, 5.41) is 3.20. The maximum absolute atomic E-state index is 12.2. The van der Waals surface area contributed by atoms with Gasteiger partial charge in [0.05, 0.1) is 12.1 Å². The van der Waals surface area contributed by atoms with Crippen LogP contribution in [0.4, 0.5) is 5.82 Å². The van der Waals surface area contributed by atoms with E-state index in [1.54, 1.807) is 11.1 Å². The van der Waals surface area contributed by atoms with Gasteiger partial charge in [-0.1, -0.05) is 12.0 Å². The van der Waals surface area contributed by atoms with Crippen LogP contribution in [0.2, 0.25) is 0 Å². The van der Waals surface area contributed by atoms with Crippen molar-refractivity contribution in [2.45, 2.75) is 18.5 Å². The Morgan fingerprint density at radius 3 is 3.12 bits per heavy atom. The molecule has 3 heterocycles. The molecule has 1 aromatic heterocycles. The molecule has 3 atom stereocenters. The lowest BCUT2D eigenvalue weighted by Crippen LogP contribution is -2.47. The molecule has 1 N–H and O–H groups in total. The van der Waals surface area contributed by atoms with E-state index in [0.717, 1.165) is 6.42 Å². The second-order valence-electron chi connectivity index (χ2n) is 4.50. The maximum Gasteiger partial charge on any atom is 0.245 e. The molecule has 4 heteroatoms. The second-order valence-corrected chi connectivity index (χ2v) is 4.50. The molecule has 0 unspecified atom stereocenters. The maximum atomic E-state index is 12.2. The summed E-state index contributed by atoms with van der Waals surface area (Å²) >= 11 is 0. The van der Waals surface area contributed by atoms with Gasteiger partial charge >= 0.3 is 0 Å². The molecular weight excluding hydrogens is 214 g/mol. The van der Waals surface area contributed by atoms with Gasteiger partial charge in [0.25, 0.3) is 0 Å². The molecule has 0 saturated carbocycles. The summed E-state index contributed by atoms with van der Waals surface area (Å²) in [6.07, 6.45) is 8.01. The average molecular weight is 227 g/mol. The topological polar surface area (TPSA) is 45.2 Å². The molecular formula is C13H13N3O. The van der Waals surface area contributed by atoms with E-state index in [1.807, 2.05) is 18.2 Å². The Morgan fingerprint density at radius 2 is 2.41 bits per heavy atom. The molecule has 0 aliphatic carbocycles. The van der Waals surface area contributed by atoms with Crippen LogP contribution in [0.15, 0.2) is 24.4 Å². The molecule has 0 spiro atoms. The first-order valence-corrected chi connectivity index (χ1v) is 5.74. The van der Waals surface area contributed by atoms with Gasteiger partial charge in [-0.25, -0.2) is 4.98 Å². The molecule has 3 rings (SSSR count). The van der Waals surface area contributed by atoms with Crippen LogP contribution in [-0.2, 0) is 4.79 Å². The van der Waals surface area contributed by atoms with E-state index in [2.05, 4.69) is 16.2 Å². The molecule has 2 fully saturated rings. The van der Waals surface area contributed by atoms with Gasteiger partial charge in [0.1, 0.15) is 5.82 Å². The summed E-state index contributed by atoms with van der Waals surface area (Å²) in [5.41, 5.74) is 0. The number of terminal acetylenes is 1. The van der Waals surface area contributed by atoms with Crippen molar-refractivity contribution in [2.75, 3.05) is 11.4 Å². The lowest BCUT2D eigenvalue weighted by atomic mass is 9.95. The number of aromatic nitrogens is 1. The Bertz CT molecular complexity index is 479. The van der Waals surface area contributed by atoms with Gasteiger partial charge in [0.15, 0.2) is 0 Å². The fourth-order valence-corrected chi connectivity index (χ4v) is 2.63. The van der Waals surface area contributed by atoms with Crippen molar-refractivity contribution < 1.29 is 4.79 Å². The smallest absolute Gasteiger partial charge is 0.245 e. The van der Waals surface area contributed by atoms with Crippen LogP contribution in [-0.4, -0.2) is 29.5 Å². The van der Waals surface area contributed by atoms with E-state index in [1.165, 1.54) is 0 Å². The number of hydrogen-bond acceptors (Lipinski definition) is 3. The third-order valence-electron chi connectivity index (χ3n) is 3.48. The SMILES string of the molecule is C#C[C@@H]1N[C@@H]2C[C@H]1CN(c1ccccn1)C2=O. The highest BCUT2D eigenvalue weighted by Gasteiger charge is 2.44. The fraction of sp³-hybridized carbons (Fsp3) is 0.385. The van der Waals surface area contributed by atoms with Crippen LogP contribution in [0.1, 0.15) is 6.42 Å². The number of piperidine rings is 1. The number of rotatable bonds is 1. The molecule has 17 heavy (non-hydrogen) atoms. The third-order valence-corrected chi connectivity index (χ3v) is 3.48. The van der Waals surface area contributed by atoms with E-state index < -0.39 is 0 Å². The van der Waals surface area contributed by atoms with Gasteiger partial charge in [0.2, 0.25) is 5.91 Å². The minimum atomic E-state index is -0.142. The summed E-state index contributed by atoms with van der Waals surface area (Å²) in [7, 11) is 0. The second kappa shape index (κ2) is 3.86. The van der Waals surface area contributed by atoms with E-state index in [0.29, 0.717) is 18.3 Å². The predicted molar refractivity (Wildman–Crippen MR) is 64.2 cm³/mol. The first-order chi connectivity index (χ1) is 8.29. The van der Waals surface area contributed by atoms with Crippen LogP contribution in [0.25, 0.3) is 0 Å². The number of carbonyl (C=O) groups is 1. The highest BCUT2D eigenvalue weighted by atomic mass is 16.2. The summed E-state index contributed by atoms with van der Waals surface area (Å²) in [5.74, 6) is 3.85. The lowest BCUT2D eigenvalue weighted by Gasteiger charge is -2.30. The van der Waals surface area contributed by atoms with E-state index in [-0.39, 0.29) is 18.0 Å². The van der Waals surface area contributed by atoms with Gasteiger partial charge in [-0.3, -0.25) is 15.0 Å². The Balaban J connectivity index is 1.90. The molecule has 2 aliphatic heterocycles. The normalized spacial score (nSPS) is 31.4. The number of nitrogens with one attached hydrogen (secondary N) is 1. The Hall–Kier alpha value is -1.86. The Kier molecular flexibility index (Phi) is 2.34. The molecule has 1 amide bonds. The lowest BCUT2D eigenvalue weighted by molar-refractivity contribution is -0.121. The van der Waals surface area contributed by atoms with Crippen molar-refractivity contribution in [3.05, 3.63) is 24.4 Å². The summed E-state index contributed by atoms with van der Waals surface area (Å²) < 4.78 is 0. The van der Waals surface area contributed by atoms with Gasteiger partial charge < -0.3 is 0 Å². The van der Waals surface area contributed by atoms with E-state index in [9.17, 15) is 4.79 Å². The highest BCUT2D eigenvalue weighted by molar-refractivity contribution is 5.97. The van der Waals surface area contributed by atoms with Gasteiger partial charge in [-0.05, 0) is 18.6 Å². The number of pyridine rings is 1. The number of carbonyl (C=O) groups excluding carboxylic acids is 1. The molecule has 2 aliphatic rings. The number of anilines is 1. The van der Waals surface area contributed by atoms with E-state index in [4.69, 9.17) is 6.42 Å². The zero-order valence-electron chi connectivity index (χ0n) is 9.34. The van der Waals surface area contributed by atoms with Crippen molar-refractivity contribution >= 4 is 11.7 Å². The van der Waals surface area contributed by atoms with Crippen molar-refractivity contribution in [1.82, 2.24) is 10.3 Å². The van der Waals surface area contributed by atoms with Crippen molar-refractivity contribution in [3.8, 4) is 12.3 Å². The number of hydrogen-bond donors (Lipinski definition) is 1. The standard InChI is InChI=1S/C13H13N3O/c1-2-10-9-7-11(15-10)13(17)16(8-9)12-5-3-4-6-14-12/h1,3-6,9-11,15H,7-8H2/t9-,10-,11+/m0/s1. The van der Waals surface area contributed by atoms with Crippen LogP contribution in [0, 0.1) is 18.3 Å². The fourth-order valence-electron chi connectivity index (χ4n) is 2.63. The number of nitrogens with zero attached hydrogens (tertiary/aromatic N) is 2. The number of fused-ring (bicyclic) bond motifs is 2. The largest absolute Gasteiger partial charge is 0.295 e. The minimum absolute atomic E-state index is 0.0117. The molecule has 4 nitrogen and oxygen atoms in total. The Labute approximate surface area is 100 Å². The monoisotopic (exact) mass is 227 g/mol. The quantitative estimate of drug-likeness (QED) is 0.707. The van der Waals surface area contributed by atoms with Crippen LogP contribution in [0.3, 0.4) is 0 Å². The van der Waals surface area contributed by atoms with Crippen molar-refractivity contribution in [1.29, 1.82) is 0 Å². The van der Waals surface area contributed by atoms with Gasteiger partial charge in [-0.15, -0.1) is 6.42 Å².